The number of rotatable bonds is 7. The van der Waals surface area contributed by atoms with Gasteiger partial charge in [-0.1, -0.05) is 24.3 Å². The van der Waals surface area contributed by atoms with Crippen LogP contribution in [0.3, 0.4) is 0 Å². The van der Waals surface area contributed by atoms with Gasteiger partial charge in [0.2, 0.25) is 0 Å². The van der Waals surface area contributed by atoms with Gasteiger partial charge in [-0.3, -0.25) is 9.52 Å². The van der Waals surface area contributed by atoms with E-state index < -0.39 is 51.6 Å². The average Bonchev–Trinajstić information content (AvgIpc) is 2.79. The second kappa shape index (κ2) is 9.96. The van der Waals surface area contributed by atoms with E-state index in [2.05, 4.69) is 4.72 Å². The monoisotopic (exact) mass is 492 g/mol. The number of nitrogens with one attached hydrogen (secondary N) is 2. The molecule has 0 spiro atoms. The van der Waals surface area contributed by atoms with Gasteiger partial charge in [0.05, 0.1) is 21.8 Å². The van der Waals surface area contributed by atoms with E-state index in [1.54, 1.807) is 26.0 Å². The van der Waals surface area contributed by atoms with Crippen molar-refractivity contribution in [2.75, 3.05) is 16.6 Å². The van der Waals surface area contributed by atoms with Gasteiger partial charge < -0.3 is 10.1 Å². The quantitative estimate of drug-likeness (QED) is 0.378. The highest BCUT2D eigenvalue weighted by atomic mass is 32.2. The predicted molar refractivity (Wildman–Crippen MR) is 118 cm³/mol. The number of hydrogen-bond donors (Lipinski definition) is 2. The van der Waals surface area contributed by atoms with Gasteiger partial charge in [-0.15, -0.1) is 0 Å². The molecule has 0 aliphatic carbocycles. The molecule has 0 heterocycles. The first-order chi connectivity index (χ1) is 16.0. The van der Waals surface area contributed by atoms with Crippen LogP contribution in [0.2, 0.25) is 0 Å². The third-order valence-corrected chi connectivity index (χ3v) is 6.18. The molecule has 0 unspecified atom stereocenters. The lowest BCUT2D eigenvalue weighted by Gasteiger charge is -2.14. The molecule has 178 valence electrons. The van der Waals surface area contributed by atoms with Crippen molar-refractivity contribution in [3.63, 3.8) is 0 Å². The zero-order valence-electron chi connectivity index (χ0n) is 18.0. The number of para-hydroxylation sites is 1. The molecule has 0 aliphatic heterocycles. The number of halogens is 3. The Morgan fingerprint density at radius 2 is 1.62 bits per heavy atom. The molecule has 3 rings (SSSR count). The van der Waals surface area contributed by atoms with E-state index in [4.69, 9.17) is 4.74 Å². The number of carbonyl (C=O) groups is 2. The number of carbonyl (C=O) groups excluding carboxylic acids is 2. The molecule has 1 amide bonds. The number of sulfonamides is 1. The second-order valence-electron chi connectivity index (χ2n) is 7.27. The third kappa shape index (κ3) is 5.54. The zero-order chi connectivity index (χ0) is 25.0. The Balaban J connectivity index is 1.73. The molecule has 0 fully saturated rings. The van der Waals surface area contributed by atoms with Gasteiger partial charge in [-0.25, -0.2) is 26.4 Å². The Labute approximate surface area is 193 Å². The van der Waals surface area contributed by atoms with Gasteiger partial charge in [0, 0.05) is 0 Å². The summed E-state index contributed by atoms with van der Waals surface area (Å²) in [5.74, 6) is -6.86. The normalized spacial score (nSPS) is 11.1. The molecule has 11 heteroatoms. The van der Waals surface area contributed by atoms with Crippen LogP contribution < -0.4 is 10.0 Å². The largest absolute Gasteiger partial charge is 0.452 e. The predicted octanol–water partition coefficient (Wildman–Crippen LogP) is 4.32. The molecule has 3 aromatic rings. The van der Waals surface area contributed by atoms with Crippen LogP contribution in [0.1, 0.15) is 21.5 Å². The molecule has 0 atom stereocenters. The maximum Gasteiger partial charge on any atom is 0.340 e. The van der Waals surface area contributed by atoms with Gasteiger partial charge in [-0.05, 0) is 55.3 Å². The van der Waals surface area contributed by atoms with Crippen molar-refractivity contribution in [2.24, 2.45) is 0 Å². The molecule has 2 N–H and O–H groups in total. The number of hydrogen-bond acceptors (Lipinski definition) is 5. The highest BCUT2D eigenvalue weighted by molar-refractivity contribution is 7.92. The van der Waals surface area contributed by atoms with E-state index in [-0.39, 0.29) is 16.1 Å². The summed E-state index contributed by atoms with van der Waals surface area (Å²) >= 11 is 0. The van der Waals surface area contributed by atoms with Gasteiger partial charge in [0.1, 0.15) is 0 Å². The molecular weight excluding hydrogens is 473 g/mol. The van der Waals surface area contributed by atoms with E-state index in [0.29, 0.717) is 11.6 Å². The molecule has 0 saturated carbocycles. The minimum absolute atomic E-state index is 0.0311. The first-order valence-corrected chi connectivity index (χ1v) is 11.3. The van der Waals surface area contributed by atoms with Gasteiger partial charge in [0.25, 0.3) is 15.9 Å². The van der Waals surface area contributed by atoms with Crippen molar-refractivity contribution in [2.45, 2.75) is 18.7 Å². The van der Waals surface area contributed by atoms with Gasteiger partial charge >= 0.3 is 5.97 Å². The van der Waals surface area contributed by atoms with Crippen molar-refractivity contribution in [1.29, 1.82) is 0 Å². The first-order valence-electron chi connectivity index (χ1n) is 9.79. The van der Waals surface area contributed by atoms with Crippen LogP contribution in [0, 0.1) is 31.3 Å². The highest BCUT2D eigenvalue weighted by Crippen LogP contribution is 2.24. The lowest BCUT2D eigenvalue weighted by Crippen LogP contribution is -2.23. The van der Waals surface area contributed by atoms with Gasteiger partial charge in [0.15, 0.2) is 24.1 Å². The highest BCUT2D eigenvalue weighted by Gasteiger charge is 2.22. The Bertz CT molecular complexity index is 1380. The standard InChI is InChI=1S/C23H19F3N2O5S/c1-13-7-8-14(2)19(11-13)34(31,32)28-17-6-4-3-5-15(17)23(30)33-12-20(29)27-18-10-9-16(24)21(25)22(18)26/h3-11,28H,12H2,1-2H3,(H,27,29). The van der Waals surface area contributed by atoms with Crippen LogP contribution in [-0.2, 0) is 19.6 Å². The van der Waals surface area contributed by atoms with Crippen LogP contribution in [0.25, 0.3) is 0 Å². The molecule has 0 bridgehead atoms. The van der Waals surface area contributed by atoms with Crippen LogP contribution in [-0.4, -0.2) is 26.9 Å². The lowest BCUT2D eigenvalue weighted by molar-refractivity contribution is -0.119. The molecule has 0 radical (unpaired) electrons. The van der Waals surface area contributed by atoms with E-state index in [0.717, 1.165) is 11.6 Å². The number of benzene rings is 3. The number of amides is 1. The van der Waals surface area contributed by atoms with E-state index >= 15 is 0 Å². The van der Waals surface area contributed by atoms with Gasteiger partial charge in [-0.2, -0.15) is 0 Å². The molecule has 0 aliphatic rings. The molecule has 3 aromatic carbocycles. The minimum Gasteiger partial charge on any atom is -0.452 e. The summed E-state index contributed by atoms with van der Waals surface area (Å²) in [6.07, 6.45) is 0. The number of aryl methyl sites for hydroxylation is 2. The zero-order valence-corrected chi connectivity index (χ0v) is 18.8. The van der Waals surface area contributed by atoms with E-state index in [9.17, 15) is 31.2 Å². The molecule has 0 aromatic heterocycles. The maximum atomic E-state index is 13.7. The van der Waals surface area contributed by atoms with E-state index in [1.807, 2.05) is 5.32 Å². The van der Waals surface area contributed by atoms with Crippen molar-refractivity contribution in [3.8, 4) is 0 Å². The summed E-state index contributed by atoms with van der Waals surface area (Å²) < 4.78 is 73.0. The fourth-order valence-corrected chi connectivity index (χ4v) is 4.37. The van der Waals surface area contributed by atoms with Crippen molar-refractivity contribution < 1.29 is 35.9 Å². The maximum absolute atomic E-state index is 13.7. The fourth-order valence-electron chi connectivity index (χ4n) is 2.96. The third-order valence-electron chi connectivity index (χ3n) is 4.67. The number of anilines is 2. The molecular formula is C23H19F3N2O5S. The van der Waals surface area contributed by atoms with Crippen molar-refractivity contribution in [3.05, 3.63) is 88.7 Å². The summed E-state index contributed by atoms with van der Waals surface area (Å²) in [7, 11) is -4.05. The smallest absolute Gasteiger partial charge is 0.340 e. The lowest BCUT2D eigenvalue weighted by atomic mass is 10.2. The summed E-state index contributed by atoms with van der Waals surface area (Å²) in [6.45, 7) is 2.47. The summed E-state index contributed by atoms with van der Waals surface area (Å²) in [4.78, 5) is 24.5. The van der Waals surface area contributed by atoms with Crippen molar-refractivity contribution >= 4 is 33.3 Å². The van der Waals surface area contributed by atoms with Crippen LogP contribution in [0.5, 0.6) is 0 Å². The first kappa shape index (κ1) is 24.8. The second-order valence-corrected chi connectivity index (χ2v) is 8.92. The van der Waals surface area contributed by atoms with Crippen LogP contribution in [0.15, 0.2) is 59.5 Å². The minimum atomic E-state index is -4.05. The summed E-state index contributed by atoms with van der Waals surface area (Å²) in [5.41, 5.74) is 0.326. The Kier molecular flexibility index (Phi) is 7.26. The number of esters is 1. The number of ether oxygens (including phenoxy) is 1. The Morgan fingerprint density at radius 1 is 0.912 bits per heavy atom. The Morgan fingerprint density at radius 3 is 2.35 bits per heavy atom. The molecule has 0 saturated heterocycles. The molecule has 7 nitrogen and oxygen atoms in total. The SMILES string of the molecule is Cc1ccc(C)c(S(=O)(=O)Nc2ccccc2C(=O)OCC(=O)Nc2ccc(F)c(F)c2F)c1. The summed E-state index contributed by atoms with van der Waals surface area (Å²) in [6, 6.07) is 11.9. The van der Waals surface area contributed by atoms with Crippen molar-refractivity contribution in [1.82, 2.24) is 0 Å². The van der Waals surface area contributed by atoms with Crippen LogP contribution in [0.4, 0.5) is 24.5 Å². The fraction of sp³-hybridized carbons (Fsp3) is 0.130. The Hall–Kier alpha value is -3.86. The summed E-state index contributed by atoms with van der Waals surface area (Å²) in [5, 5.41) is 1.96. The average molecular weight is 492 g/mol. The van der Waals surface area contributed by atoms with E-state index in [1.165, 1.54) is 30.3 Å². The molecule has 34 heavy (non-hydrogen) atoms. The topological polar surface area (TPSA) is 102 Å². The van der Waals surface area contributed by atoms with Crippen LogP contribution >= 0.6 is 0 Å².